The van der Waals surface area contributed by atoms with Crippen LogP contribution in [0.4, 0.5) is 11.4 Å². The summed E-state index contributed by atoms with van der Waals surface area (Å²) in [6.07, 6.45) is 0.989. The molecular formula is C18H20N2O2. The maximum absolute atomic E-state index is 12.0. The van der Waals surface area contributed by atoms with Crippen LogP contribution >= 0.6 is 0 Å². The molecule has 4 heteroatoms. The van der Waals surface area contributed by atoms with Gasteiger partial charge in [0.15, 0.2) is 5.78 Å². The van der Waals surface area contributed by atoms with E-state index in [1.165, 1.54) is 12.5 Å². The molecule has 0 saturated carbocycles. The van der Waals surface area contributed by atoms with Crippen LogP contribution in [-0.2, 0) is 11.2 Å². The fourth-order valence-electron chi connectivity index (χ4n) is 2.13. The molecule has 0 atom stereocenters. The van der Waals surface area contributed by atoms with Crippen LogP contribution in [0, 0.1) is 0 Å². The molecule has 0 fully saturated rings. The number of nitrogens with one attached hydrogen (secondary N) is 2. The summed E-state index contributed by atoms with van der Waals surface area (Å²) in [6.45, 7) is 3.73. The molecule has 22 heavy (non-hydrogen) atoms. The van der Waals surface area contributed by atoms with Crippen molar-refractivity contribution >= 4 is 23.1 Å². The molecule has 4 nitrogen and oxygen atoms in total. The van der Waals surface area contributed by atoms with E-state index in [9.17, 15) is 9.59 Å². The number of benzene rings is 2. The lowest BCUT2D eigenvalue weighted by Crippen LogP contribution is -2.22. The second kappa shape index (κ2) is 7.41. The molecule has 0 aliphatic carbocycles. The molecule has 0 aromatic heterocycles. The van der Waals surface area contributed by atoms with Crippen LogP contribution in [0.3, 0.4) is 0 Å². The summed E-state index contributed by atoms with van der Waals surface area (Å²) < 4.78 is 0. The van der Waals surface area contributed by atoms with E-state index in [1.54, 1.807) is 24.3 Å². The molecule has 1 amide bonds. The number of para-hydroxylation sites is 1. The average molecular weight is 296 g/mol. The number of anilines is 2. The van der Waals surface area contributed by atoms with Gasteiger partial charge >= 0.3 is 0 Å². The highest BCUT2D eigenvalue weighted by Crippen LogP contribution is 2.15. The van der Waals surface area contributed by atoms with Crippen molar-refractivity contribution in [2.75, 3.05) is 17.2 Å². The molecule has 0 bridgehead atoms. The zero-order chi connectivity index (χ0) is 15.9. The van der Waals surface area contributed by atoms with Gasteiger partial charge in [-0.2, -0.15) is 0 Å². The summed E-state index contributed by atoms with van der Waals surface area (Å²) in [7, 11) is 0. The molecule has 2 rings (SSSR count). The summed E-state index contributed by atoms with van der Waals surface area (Å²) in [5.41, 5.74) is 3.21. The molecule has 2 aromatic rings. The predicted octanol–water partition coefficient (Wildman–Crippen LogP) is 3.50. The van der Waals surface area contributed by atoms with Crippen LogP contribution in [-0.4, -0.2) is 18.2 Å². The molecule has 0 unspecified atom stereocenters. The van der Waals surface area contributed by atoms with E-state index < -0.39 is 0 Å². The third-order valence-corrected chi connectivity index (χ3v) is 3.40. The Morgan fingerprint density at radius 2 is 1.68 bits per heavy atom. The van der Waals surface area contributed by atoms with E-state index in [0.29, 0.717) is 11.3 Å². The van der Waals surface area contributed by atoms with Gasteiger partial charge in [0.05, 0.1) is 12.2 Å². The molecule has 114 valence electrons. The van der Waals surface area contributed by atoms with Gasteiger partial charge in [-0.3, -0.25) is 9.59 Å². The van der Waals surface area contributed by atoms with Crippen LogP contribution in [0.15, 0.2) is 48.5 Å². The van der Waals surface area contributed by atoms with Gasteiger partial charge in [-0.25, -0.2) is 0 Å². The van der Waals surface area contributed by atoms with Crippen molar-refractivity contribution in [1.29, 1.82) is 0 Å². The van der Waals surface area contributed by atoms with Crippen molar-refractivity contribution in [3.8, 4) is 0 Å². The Kier molecular flexibility index (Phi) is 5.31. The molecule has 0 aliphatic rings. The van der Waals surface area contributed by atoms with Gasteiger partial charge in [0, 0.05) is 11.3 Å². The number of carbonyl (C=O) groups excluding carboxylic acids is 2. The number of hydrogen-bond acceptors (Lipinski definition) is 3. The number of rotatable bonds is 6. The van der Waals surface area contributed by atoms with E-state index in [4.69, 9.17) is 0 Å². The summed E-state index contributed by atoms with van der Waals surface area (Å²) in [5, 5.41) is 5.83. The minimum atomic E-state index is -0.187. The molecule has 0 saturated heterocycles. The monoisotopic (exact) mass is 296 g/mol. The van der Waals surface area contributed by atoms with Crippen LogP contribution in [0.5, 0.6) is 0 Å². The first-order valence-corrected chi connectivity index (χ1v) is 7.32. The Morgan fingerprint density at radius 3 is 2.32 bits per heavy atom. The topological polar surface area (TPSA) is 58.2 Å². The van der Waals surface area contributed by atoms with Gasteiger partial charge in [-0.15, -0.1) is 0 Å². The number of amides is 1. The minimum Gasteiger partial charge on any atom is -0.376 e. The molecule has 2 aromatic carbocycles. The third-order valence-electron chi connectivity index (χ3n) is 3.40. The first kappa shape index (κ1) is 15.8. The van der Waals surface area contributed by atoms with Crippen LogP contribution in [0.1, 0.15) is 29.8 Å². The second-order valence-corrected chi connectivity index (χ2v) is 5.05. The third kappa shape index (κ3) is 4.19. The van der Waals surface area contributed by atoms with Crippen LogP contribution in [0.2, 0.25) is 0 Å². The van der Waals surface area contributed by atoms with E-state index in [0.717, 1.165) is 12.1 Å². The Balaban J connectivity index is 1.94. The highest BCUT2D eigenvalue weighted by Gasteiger charge is 2.09. The zero-order valence-corrected chi connectivity index (χ0v) is 12.8. The Bertz CT molecular complexity index is 663. The SMILES string of the molecule is CCc1ccc(NCC(=O)Nc2ccccc2C(C)=O)cc1. The number of ketones is 1. The molecule has 0 aliphatic heterocycles. The lowest BCUT2D eigenvalue weighted by Gasteiger charge is -2.10. The van der Waals surface area contributed by atoms with E-state index in [2.05, 4.69) is 17.6 Å². The predicted molar refractivity (Wildman–Crippen MR) is 89.4 cm³/mol. The van der Waals surface area contributed by atoms with Crippen molar-refractivity contribution in [2.45, 2.75) is 20.3 Å². The first-order valence-electron chi connectivity index (χ1n) is 7.32. The van der Waals surface area contributed by atoms with Gasteiger partial charge in [0.2, 0.25) is 5.91 Å². The van der Waals surface area contributed by atoms with Crippen LogP contribution in [0.25, 0.3) is 0 Å². The smallest absolute Gasteiger partial charge is 0.243 e. The molecular weight excluding hydrogens is 276 g/mol. The minimum absolute atomic E-state index is 0.0704. The van der Waals surface area contributed by atoms with E-state index in [1.807, 2.05) is 24.3 Å². The maximum atomic E-state index is 12.0. The van der Waals surface area contributed by atoms with E-state index in [-0.39, 0.29) is 18.2 Å². The Hall–Kier alpha value is -2.62. The summed E-state index contributed by atoms with van der Waals surface area (Å²) in [5.74, 6) is -0.257. The van der Waals surface area contributed by atoms with Gasteiger partial charge in [-0.1, -0.05) is 31.2 Å². The number of Topliss-reactive ketones (excluding diaryl/α,β-unsaturated/α-hetero) is 1. The van der Waals surface area contributed by atoms with Crippen molar-refractivity contribution in [3.05, 3.63) is 59.7 Å². The van der Waals surface area contributed by atoms with Gasteiger partial charge in [0.25, 0.3) is 0 Å². The number of hydrogen-bond donors (Lipinski definition) is 2. The maximum Gasteiger partial charge on any atom is 0.243 e. The average Bonchev–Trinajstić information content (AvgIpc) is 2.53. The largest absolute Gasteiger partial charge is 0.376 e. The number of carbonyl (C=O) groups is 2. The summed E-state index contributed by atoms with van der Waals surface area (Å²) >= 11 is 0. The Morgan fingerprint density at radius 1 is 1.00 bits per heavy atom. The van der Waals surface area contributed by atoms with Crippen molar-refractivity contribution in [3.63, 3.8) is 0 Å². The van der Waals surface area contributed by atoms with Gasteiger partial charge < -0.3 is 10.6 Å². The molecule has 2 N–H and O–H groups in total. The Labute approximate surface area is 130 Å². The second-order valence-electron chi connectivity index (χ2n) is 5.05. The highest BCUT2D eigenvalue weighted by atomic mass is 16.2. The normalized spacial score (nSPS) is 10.1. The van der Waals surface area contributed by atoms with Gasteiger partial charge in [-0.05, 0) is 43.2 Å². The summed E-state index contributed by atoms with van der Waals surface area (Å²) in [4.78, 5) is 23.5. The number of aryl methyl sites for hydroxylation is 1. The highest BCUT2D eigenvalue weighted by molar-refractivity contribution is 6.04. The lowest BCUT2D eigenvalue weighted by atomic mass is 10.1. The standard InChI is InChI=1S/C18H20N2O2/c1-3-14-8-10-15(11-9-14)19-12-18(22)20-17-7-5-4-6-16(17)13(2)21/h4-11,19H,3,12H2,1-2H3,(H,20,22). The molecule has 0 heterocycles. The zero-order valence-electron chi connectivity index (χ0n) is 12.8. The lowest BCUT2D eigenvalue weighted by molar-refractivity contribution is -0.114. The van der Waals surface area contributed by atoms with Gasteiger partial charge in [0.1, 0.15) is 0 Å². The fourth-order valence-corrected chi connectivity index (χ4v) is 2.13. The summed E-state index contributed by atoms with van der Waals surface area (Å²) in [6, 6.07) is 15.0. The van der Waals surface area contributed by atoms with Crippen molar-refractivity contribution in [1.82, 2.24) is 0 Å². The quantitative estimate of drug-likeness (QED) is 0.802. The first-order chi connectivity index (χ1) is 10.6. The molecule has 0 spiro atoms. The van der Waals surface area contributed by atoms with Crippen LogP contribution < -0.4 is 10.6 Å². The van der Waals surface area contributed by atoms with E-state index >= 15 is 0 Å². The fraction of sp³-hybridized carbons (Fsp3) is 0.222. The molecule has 0 radical (unpaired) electrons. The van der Waals surface area contributed by atoms with Crippen molar-refractivity contribution in [2.24, 2.45) is 0 Å². The van der Waals surface area contributed by atoms with Crippen molar-refractivity contribution < 1.29 is 9.59 Å².